The molecule has 1 N–H and O–H groups in total. The molecule has 0 spiro atoms. The Morgan fingerprint density at radius 1 is 1.24 bits per heavy atom. The summed E-state index contributed by atoms with van der Waals surface area (Å²) in [6.07, 6.45) is 0.235. The Labute approximate surface area is 102 Å². The van der Waals surface area contributed by atoms with Gasteiger partial charge in [-0.1, -0.05) is 0 Å². The molecule has 4 nitrogen and oxygen atoms in total. The van der Waals surface area contributed by atoms with Gasteiger partial charge in [0.05, 0.1) is 12.9 Å². The number of rotatable bonds is 5. The number of aliphatic hydroxyl groups is 1. The molecule has 5 heteroatoms. The zero-order valence-corrected chi connectivity index (χ0v) is 11.2. The normalized spacial score (nSPS) is 11.5. The van der Waals surface area contributed by atoms with Crippen LogP contribution in [0.2, 0.25) is 0 Å². The van der Waals surface area contributed by atoms with Gasteiger partial charge in [-0.2, -0.15) is 0 Å². The molecule has 0 unspecified atom stereocenters. The Bertz CT molecular complexity index is 491. The van der Waals surface area contributed by atoms with E-state index in [1.165, 1.54) is 7.11 Å². The van der Waals surface area contributed by atoms with Gasteiger partial charge >= 0.3 is 0 Å². The quantitative estimate of drug-likeness (QED) is 0.868. The topological polar surface area (TPSA) is 63.6 Å². The van der Waals surface area contributed by atoms with Crippen molar-refractivity contribution in [1.82, 2.24) is 0 Å². The van der Waals surface area contributed by atoms with Gasteiger partial charge in [-0.25, -0.2) is 8.42 Å². The van der Waals surface area contributed by atoms with Crippen LogP contribution in [0.5, 0.6) is 5.75 Å². The van der Waals surface area contributed by atoms with Crippen LogP contribution in [0, 0.1) is 13.8 Å². The summed E-state index contributed by atoms with van der Waals surface area (Å²) in [4.78, 5) is 0.205. The molecule has 0 bridgehead atoms. The van der Waals surface area contributed by atoms with Crippen molar-refractivity contribution < 1.29 is 18.3 Å². The van der Waals surface area contributed by atoms with E-state index in [0.717, 1.165) is 11.1 Å². The van der Waals surface area contributed by atoms with Crippen LogP contribution in [0.1, 0.15) is 17.5 Å². The van der Waals surface area contributed by atoms with Gasteiger partial charge < -0.3 is 9.84 Å². The molecule has 0 heterocycles. The minimum absolute atomic E-state index is 0.0671. The van der Waals surface area contributed by atoms with Crippen molar-refractivity contribution in [3.63, 3.8) is 0 Å². The molecule has 0 saturated heterocycles. The van der Waals surface area contributed by atoms with Crippen molar-refractivity contribution in [3.05, 3.63) is 23.3 Å². The summed E-state index contributed by atoms with van der Waals surface area (Å²) in [6.45, 7) is 3.63. The molecule has 0 aliphatic heterocycles. The van der Waals surface area contributed by atoms with Gasteiger partial charge in [-0.3, -0.25) is 0 Å². The first-order valence-electron chi connectivity index (χ1n) is 5.41. The number of aliphatic hydroxyl groups excluding tert-OH is 1. The van der Waals surface area contributed by atoms with Crippen molar-refractivity contribution in [2.75, 3.05) is 19.5 Å². The van der Waals surface area contributed by atoms with Gasteiger partial charge in [-0.15, -0.1) is 0 Å². The molecule has 0 amide bonds. The summed E-state index contributed by atoms with van der Waals surface area (Å²) < 4.78 is 29.2. The van der Waals surface area contributed by atoms with Crippen LogP contribution < -0.4 is 4.74 Å². The maximum atomic E-state index is 12.0. The minimum Gasteiger partial charge on any atom is -0.495 e. The van der Waals surface area contributed by atoms with Crippen molar-refractivity contribution in [2.45, 2.75) is 25.2 Å². The Kier molecular flexibility index (Phi) is 4.54. The van der Waals surface area contributed by atoms with E-state index in [0.29, 0.717) is 5.75 Å². The molecule has 0 saturated carbocycles. The number of methoxy groups -OCH3 is 1. The Morgan fingerprint density at radius 2 is 1.82 bits per heavy atom. The Morgan fingerprint density at radius 3 is 2.35 bits per heavy atom. The van der Waals surface area contributed by atoms with E-state index in [2.05, 4.69) is 0 Å². The van der Waals surface area contributed by atoms with Gasteiger partial charge in [0, 0.05) is 6.61 Å². The lowest BCUT2D eigenvalue weighted by Gasteiger charge is -2.12. The number of hydrogen-bond acceptors (Lipinski definition) is 4. The van der Waals surface area contributed by atoms with Crippen LogP contribution in [-0.4, -0.2) is 33.0 Å². The van der Waals surface area contributed by atoms with Crippen LogP contribution in [0.15, 0.2) is 17.0 Å². The van der Waals surface area contributed by atoms with Gasteiger partial charge in [0.15, 0.2) is 9.84 Å². The number of hydrogen-bond donors (Lipinski definition) is 1. The molecule has 0 aromatic heterocycles. The van der Waals surface area contributed by atoms with Crippen LogP contribution in [-0.2, 0) is 9.84 Å². The monoisotopic (exact) mass is 258 g/mol. The molecule has 0 atom stereocenters. The zero-order chi connectivity index (χ0) is 13.1. The number of sulfone groups is 1. The molecule has 1 rings (SSSR count). The average Bonchev–Trinajstić information content (AvgIpc) is 2.29. The molecular formula is C12H18O4S. The highest BCUT2D eigenvalue weighted by Crippen LogP contribution is 2.28. The zero-order valence-electron chi connectivity index (χ0n) is 10.4. The summed E-state index contributed by atoms with van der Waals surface area (Å²) in [5.74, 6) is 0.300. The lowest BCUT2D eigenvalue weighted by molar-refractivity contribution is 0.295. The Hall–Kier alpha value is -1.07. The smallest absolute Gasteiger partial charge is 0.182 e. The third kappa shape index (κ3) is 3.20. The van der Waals surface area contributed by atoms with E-state index in [-0.39, 0.29) is 23.7 Å². The molecule has 1 aromatic carbocycles. The first-order valence-corrected chi connectivity index (χ1v) is 7.06. The standard InChI is InChI=1S/C12H18O4S/c1-9-7-11(16-3)12(8-10(9)2)17(14,15)6-4-5-13/h7-8,13H,4-6H2,1-3H3. The number of aryl methyl sites for hydroxylation is 2. The maximum Gasteiger partial charge on any atom is 0.182 e. The summed E-state index contributed by atoms with van der Waals surface area (Å²) in [5, 5.41) is 8.71. The fourth-order valence-electron chi connectivity index (χ4n) is 1.53. The second kappa shape index (κ2) is 5.51. The van der Waals surface area contributed by atoms with Gasteiger partial charge in [0.25, 0.3) is 0 Å². The molecule has 1 aromatic rings. The third-order valence-electron chi connectivity index (χ3n) is 2.69. The van der Waals surface area contributed by atoms with Crippen molar-refractivity contribution in [2.24, 2.45) is 0 Å². The fourth-order valence-corrected chi connectivity index (χ4v) is 3.06. The van der Waals surface area contributed by atoms with Crippen LogP contribution in [0.3, 0.4) is 0 Å². The molecule has 0 radical (unpaired) electrons. The first-order chi connectivity index (χ1) is 7.92. The van der Waals surface area contributed by atoms with Crippen LogP contribution >= 0.6 is 0 Å². The third-order valence-corrected chi connectivity index (χ3v) is 4.50. The average molecular weight is 258 g/mol. The van der Waals surface area contributed by atoms with E-state index in [1.807, 2.05) is 13.8 Å². The molecule has 0 aliphatic carbocycles. The van der Waals surface area contributed by atoms with Gasteiger partial charge in [-0.05, 0) is 43.5 Å². The summed E-state index contributed by atoms with van der Waals surface area (Å²) in [6, 6.07) is 3.35. The van der Waals surface area contributed by atoms with Crippen molar-refractivity contribution >= 4 is 9.84 Å². The van der Waals surface area contributed by atoms with E-state index in [4.69, 9.17) is 9.84 Å². The number of ether oxygens (including phenoxy) is 1. The van der Waals surface area contributed by atoms with Crippen molar-refractivity contribution in [1.29, 1.82) is 0 Å². The largest absolute Gasteiger partial charge is 0.495 e. The lowest BCUT2D eigenvalue weighted by atomic mass is 10.1. The maximum absolute atomic E-state index is 12.0. The van der Waals surface area contributed by atoms with E-state index in [9.17, 15) is 8.42 Å². The molecule has 96 valence electrons. The summed E-state index contributed by atoms with van der Waals surface area (Å²) in [5.41, 5.74) is 1.90. The fraction of sp³-hybridized carbons (Fsp3) is 0.500. The lowest BCUT2D eigenvalue weighted by Crippen LogP contribution is -2.10. The highest BCUT2D eigenvalue weighted by molar-refractivity contribution is 7.91. The van der Waals surface area contributed by atoms with Crippen LogP contribution in [0.4, 0.5) is 0 Å². The molecule has 17 heavy (non-hydrogen) atoms. The van der Waals surface area contributed by atoms with Crippen LogP contribution in [0.25, 0.3) is 0 Å². The second-order valence-corrected chi connectivity index (χ2v) is 6.06. The SMILES string of the molecule is COc1cc(C)c(C)cc1S(=O)(=O)CCCO. The molecular weight excluding hydrogens is 240 g/mol. The number of benzene rings is 1. The highest BCUT2D eigenvalue weighted by atomic mass is 32.2. The predicted molar refractivity (Wildman–Crippen MR) is 66.2 cm³/mol. The minimum atomic E-state index is -3.39. The summed E-state index contributed by atoms with van der Waals surface area (Å²) in [7, 11) is -1.94. The second-order valence-electron chi connectivity index (χ2n) is 3.98. The van der Waals surface area contributed by atoms with Crippen molar-refractivity contribution in [3.8, 4) is 5.75 Å². The van der Waals surface area contributed by atoms with E-state index < -0.39 is 9.84 Å². The van der Waals surface area contributed by atoms with E-state index in [1.54, 1.807) is 12.1 Å². The van der Waals surface area contributed by atoms with E-state index >= 15 is 0 Å². The summed E-state index contributed by atoms with van der Waals surface area (Å²) >= 11 is 0. The Balaban J connectivity index is 3.25. The first kappa shape index (κ1) is 14.0. The van der Waals surface area contributed by atoms with Gasteiger partial charge in [0.2, 0.25) is 0 Å². The highest BCUT2D eigenvalue weighted by Gasteiger charge is 2.20. The van der Waals surface area contributed by atoms with Gasteiger partial charge in [0.1, 0.15) is 10.6 Å². The molecule has 0 aliphatic rings. The molecule has 0 fully saturated rings. The predicted octanol–water partition coefficient (Wildman–Crippen LogP) is 1.47.